The maximum atomic E-state index is 11.6. The molecule has 0 aliphatic carbocycles. The summed E-state index contributed by atoms with van der Waals surface area (Å²) in [6.45, 7) is 3.32. The van der Waals surface area contributed by atoms with Crippen molar-refractivity contribution in [2.45, 2.75) is 19.5 Å². The summed E-state index contributed by atoms with van der Waals surface area (Å²) in [6.07, 6.45) is 1.79. The number of hydrogen-bond donors (Lipinski definition) is 0. The number of fused-ring (bicyclic) bond motifs is 1. The fourth-order valence-corrected chi connectivity index (χ4v) is 2.53. The molecule has 0 saturated carbocycles. The molecule has 2 heterocycles. The van der Waals surface area contributed by atoms with E-state index < -0.39 is 0 Å². The molecule has 1 atom stereocenters. The molecule has 2 aromatic rings. The van der Waals surface area contributed by atoms with Crippen LogP contribution in [0.4, 0.5) is 5.82 Å². The van der Waals surface area contributed by atoms with Crippen molar-refractivity contribution in [3.05, 3.63) is 53.7 Å². The van der Waals surface area contributed by atoms with Gasteiger partial charge in [0.15, 0.2) is 0 Å². The second-order valence-corrected chi connectivity index (χ2v) is 5.29. The first kappa shape index (κ1) is 17.1. The minimum atomic E-state index is -0.356. The number of pyridine rings is 1. The van der Waals surface area contributed by atoms with E-state index in [1.54, 1.807) is 18.3 Å². The molecule has 5 nitrogen and oxygen atoms in total. The number of carbonyl (C=O) groups excluding carboxylic acids is 1. The van der Waals surface area contributed by atoms with Crippen LogP contribution in [-0.4, -0.2) is 30.7 Å². The summed E-state index contributed by atoms with van der Waals surface area (Å²) in [7, 11) is 1.37. The molecule has 0 fully saturated rings. The molecule has 0 saturated heterocycles. The van der Waals surface area contributed by atoms with Crippen LogP contribution in [0.3, 0.4) is 0 Å². The van der Waals surface area contributed by atoms with Gasteiger partial charge in [-0.3, -0.25) is 0 Å². The van der Waals surface area contributed by atoms with Gasteiger partial charge in [0.2, 0.25) is 0 Å². The first-order valence-corrected chi connectivity index (χ1v) is 7.20. The quantitative estimate of drug-likeness (QED) is 0.792. The van der Waals surface area contributed by atoms with Gasteiger partial charge in [0, 0.05) is 18.3 Å². The average molecular weight is 332 g/mol. The highest BCUT2D eigenvalue weighted by Gasteiger charge is 2.23. The fraction of sp³-hybridized carbons (Fsp3) is 0.294. The maximum absolute atomic E-state index is 11.6. The van der Waals surface area contributed by atoms with Crippen LogP contribution in [0.15, 0.2) is 42.6 Å². The van der Waals surface area contributed by atoms with Crippen LogP contribution in [0.25, 0.3) is 0 Å². The van der Waals surface area contributed by atoms with Gasteiger partial charge in [-0.05, 0) is 31.2 Å². The van der Waals surface area contributed by atoms with Gasteiger partial charge in [-0.15, -0.1) is 0 Å². The average Bonchev–Trinajstić information content (AvgIpc) is 2.74. The molecule has 0 bridgehead atoms. The van der Waals surface area contributed by atoms with Gasteiger partial charge in [0.25, 0.3) is 0 Å². The number of ether oxygens (including phenoxy) is 2. The number of carbonyl (C=O) groups is 1. The molecule has 0 radical (unpaired) electrons. The van der Waals surface area contributed by atoms with Crippen LogP contribution in [0, 0.1) is 0 Å². The van der Waals surface area contributed by atoms with E-state index in [1.165, 1.54) is 7.11 Å². The van der Waals surface area contributed by atoms with Crippen LogP contribution >= 0.6 is 13.5 Å². The van der Waals surface area contributed by atoms with E-state index in [2.05, 4.69) is 16.8 Å². The predicted molar refractivity (Wildman–Crippen MR) is 93.5 cm³/mol. The second kappa shape index (κ2) is 7.37. The van der Waals surface area contributed by atoms with E-state index in [0.717, 1.165) is 17.1 Å². The van der Waals surface area contributed by atoms with Crippen molar-refractivity contribution >= 4 is 25.3 Å². The molecule has 0 amide bonds. The molecule has 0 unspecified atom stereocenters. The van der Waals surface area contributed by atoms with Crippen LogP contribution in [0.1, 0.15) is 22.8 Å². The van der Waals surface area contributed by atoms with Crippen LogP contribution < -0.4 is 9.64 Å². The second-order valence-electron chi connectivity index (χ2n) is 5.29. The van der Waals surface area contributed by atoms with Crippen LogP contribution in [0.5, 0.6) is 5.75 Å². The van der Waals surface area contributed by atoms with Gasteiger partial charge < -0.3 is 14.4 Å². The predicted octanol–water partition coefficient (Wildman–Crippen LogP) is 2.77. The summed E-state index contributed by atoms with van der Waals surface area (Å²) < 4.78 is 10.6. The van der Waals surface area contributed by atoms with Gasteiger partial charge in [-0.2, -0.15) is 13.5 Å². The number of methoxy groups -OCH3 is 1. The van der Waals surface area contributed by atoms with Crippen molar-refractivity contribution in [1.82, 2.24) is 4.98 Å². The third-order valence-corrected chi connectivity index (χ3v) is 3.78. The standard InChI is InChI=1S/C17H18N2O3.H2S/c1-12-11-22-15-9-13(17(20)21-2)6-7-14(15)10-19(12)16-5-3-4-8-18-16;/h3-9,12H,10-11H2,1-2H3;1H2/t12-;/m0./s1. The summed E-state index contributed by atoms with van der Waals surface area (Å²) in [5.41, 5.74) is 1.53. The SMILES string of the molecule is COC(=O)c1ccc2c(c1)OC[C@H](C)N(c1ccccn1)C2.S. The zero-order valence-corrected chi connectivity index (χ0v) is 14.2. The van der Waals surface area contributed by atoms with Crippen LogP contribution in [-0.2, 0) is 11.3 Å². The lowest BCUT2D eigenvalue weighted by Crippen LogP contribution is -2.35. The molecule has 0 spiro atoms. The third-order valence-electron chi connectivity index (χ3n) is 3.78. The van der Waals surface area contributed by atoms with E-state index >= 15 is 0 Å². The van der Waals surface area contributed by atoms with E-state index in [4.69, 9.17) is 9.47 Å². The zero-order valence-electron chi connectivity index (χ0n) is 13.2. The Morgan fingerprint density at radius 3 is 2.87 bits per heavy atom. The zero-order chi connectivity index (χ0) is 15.5. The molecule has 1 aliphatic heterocycles. The van der Waals surface area contributed by atoms with Crippen molar-refractivity contribution in [2.24, 2.45) is 0 Å². The van der Waals surface area contributed by atoms with Gasteiger partial charge in [-0.1, -0.05) is 12.1 Å². The van der Waals surface area contributed by atoms with Gasteiger partial charge in [0.1, 0.15) is 18.2 Å². The van der Waals surface area contributed by atoms with E-state index in [-0.39, 0.29) is 25.5 Å². The van der Waals surface area contributed by atoms with Crippen molar-refractivity contribution in [2.75, 3.05) is 18.6 Å². The first-order chi connectivity index (χ1) is 10.7. The molecule has 0 N–H and O–H groups in total. The van der Waals surface area contributed by atoms with Crippen molar-refractivity contribution in [3.8, 4) is 5.75 Å². The Bertz CT molecular complexity index is 679. The Hall–Kier alpha value is -2.21. The number of esters is 1. The van der Waals surface area contributed by atoms with Crippen molar-refractivity contribution in [1.29, 1.82) is 0 Å². The summed E-state index contributed by atoms with van der Waals surface area (Å²) in [5, 5.41) is 0. The normalized spacial score (nSPS) is 16.4. The minimum Gasteiger partial charge on any atom is -0.491 e. The monoisotopic (exact) mass is 332 g/mol. The lowest BCUT2D eigenvalue weighted by molar-refractivity contribution is 0.0600. The van der Waals surface area contributed by atoms with Gasteiger partial charge >= 0.3 is 5.97 Å². The molecule has 1 aromatic heterocycles. The van der Waals surface area contributed by atoms with Gasteiger partial charge in [-0.25, -0.2) is 9.78 Å². The molecule has 23 heavy (non-hydrogen) atoms. The Kier molecular flexibility index (Phi) is 5.50. The van der Waals surface area contributed by atoms with E-state index in [9.17, 15) is 4.79 Å². The summed E-state index contributed by atoms with van der Waals surface area (Å²) >= 11 is 0. The lowest BCUT2D eigenvalue weighted by atomic mass is 10.1. The summed E-state index contributed by atoms with van der Waals surface area (Å²) in [5.74, 6) is 1.29. The van der Waals surface area contributed by atoms with E-state index in [0.29, 0.717) is 18.7 Å². The number of rotatable bonds is 2. The van der Waals surface area contributed by atoms with Gasteiger partial charge in [0.05, 0.1) is 18.7 Å². The maximum Gasteiger partial charge on any atom is 0.337 e. The van der Waals surface area contributed by atoms with Crippen LogP contribution in [0.2, 0.25) is 0 Å². The Balaban J connectivity index is 0.00000192. The summed E-state index contributed by atoms with van der Waals surface area (Å²) in [4.78, 5) is 18.3. The Morgan fingerprint density at radius 2 is 2.17 bits per heavy atom. The fourth-order valence-electron chi connectivity index (χ4n) is 2.53. The topological polar surface area (TPSA) is 51.7 Å². The molecule has 1 aliphatic rings. The smallest absolute Gasteiger partial charge is 0.337 e. The number of aromatic nitrogens is 1. The minimum absolute atomic E-state index is 0. The van der Waals surface area contributed by atoms with Crippen molar-refractivity contribution in [3.63, 3.8) is 0 Å². The first-order valence-electron chi connectivity index (χ1n) is 7.20. The van der Waals surface area contributed by atoms with Crippen molar-refractivity contribution < 1.29 is 14.3 Å². The molecular formula is C17H20N2O3S. The third kappa shape index (κ3) is 3.59. The number of nitrogens with zero attached hydrogens (tertiary/aromatic N) is 2. The highest BCUT2D eigenvalue weighted by molar-refractivity contribution is 7.59. The molecule has 6 heteroatoms. The number of hydrogen-bond acceptors (Lipinski definition) is 5. The number of anilines is 1. The highest BCUT2D eigenvalue weighted by Crippen LogP contribution is 2.29. The highest BCUT2D eigenvalue weighted by atomic mass is 32.1. The molecular weight excluding hydrogens is 312 g/mol. The Labute approximate surface area is 142 Å². The lowest BCUT2D eigenvalue weighted by Gasteiger charge is -2.27. The van der Waals surface area contributed by atoms with E-state index in [1.807, 2.05) is 24.3 Å². The molecule has 1 aromatic carbocycles. The molecule has 122 valence electrons. The summed E-state index contributed by atoms with van der Waals surface area (Å²) in [6, 6.07) is 11.5. The number of benzene rings is 1. The largest absolute Gasteiger partial charge is 0.491 e. The Morgan fingerprint density at radius 1 is 1.35 bits per heavy atom. The molecule has 3 rings (SSSR count).